The van der Waals surface area contributed by atoms with Crippen molar-refractivity contribution >= 4 is 40.9 Å². The number of nitrogens with one attached hydrogen (secondary N) is 1. The number of amides is 2. The summed E-state index contributed by atoms with van der Waals surface area (Å²) < 4.78 is 11.0. The maximum atomic E-state index is 12.4. The highest BCUT2D eigenvalue weighted by atomic mass is 35.5. The first-order valence-corrected chi connectivity index (χ1v) is 10.6. The van der Waals surface area contributed by atoms with Gasteiger partial charge in [-0.05, 0) is 35.9 Å². The Labute approximate surface area is 186 Å². The third-order valence-corrected chi connectivity index (χ3v) is 5.46. The Hall–Kier alpha value is -2.87. The highest BCUT2D eigenvalue weighted by Crippen LogP contribution is 2.34. The second kappa shape index (κ2) is 9.96. The van der Waals surface area contributed by atoms with Crippen molar-refractivity contribution in [2.45, 2.75) is 0 Å². The fraction of sp³-hybridized carbons (Fsp3) is 0.304. The second-order valence-corrected chi connectivity index (χ2v) is 7.78. The molecule has 2 aromatic carbocycles. The van der Waals surface area contributed by atoms with Crippen LogP contribution in [0.1, 0.15) is 5.56 Å². The molecule has 0 aromatic heterocycles. The Bertz CT molecular complexity index is 971. The van der Waals surface area contributed by atoms with E-state index in [2.05, 4.69) is 10.2 Å². The summed E-state index contributed by atoms with van der Waals surface area (Å²) in [6, 6.07) is 12.5. The molecule has 0 bridgehead atoms. The summed E-state index contributed by atoms with van der Waals surface area (Å²) in [5.41, 5.74) is 2.20. The average molecular weight is 442 g/mol. The molecule has 2 aliphatic heterocycles. The van der Waals surface area contributed by atoms with Crippen molar-refractivity contribution in [2.24, 2.45) is 0 Å². The Morgan fingerprint density at radius 3 is 2.65 bits per heavy atom. The molecule has 0 unspecified atom stereocenters. The van der Waals surface area contributed by atoms with Crippen LogP contribution in [-0.4, -0.2) is 62.7 Å². The zero-order valence-corrected chi connectivity index (χ0v) is 17.8. The lowest BCUT2D eigenvalue weighted by molar-refractivity contribution is -0.121. The van der Waals surface area contributed by atoms with E-state index in [-0.39, 0.29) is 18.4 Å². The van der Waals surface area contributed by atoms with Crippen LogP contribution in [-0.2, 0) is 14.3 Å². The van der Waals surface area contributed by atoms with E-state index in [9.17, 15) is 9.59 Å². The van der Waals surface area contributed by atoms with Crippen LogP contribution in [0.15, 0.2) is 48.5 Å². The molecular formula is C23H24ClN3O4. The predicted molar refractivity (Wildman–Crippen MR) is 121 cm³/mol. The van der Waals surface area contributed by atoms with E-state index in [0.717, 1.165) is 44.1 Å². The monoisotopic (exact) mass is 441 g/mol. The molecule has 0 radical (unpaired) electrons. The molecule has 8 heteroatoms. The number of hydrogen-bond acceptors (Lipinski definition) is 5. The molecule has 0 atom stereocenters. The van der Waals surface area contributed by atoms with E-state index in [0.29, 0.717) is 23.0 Å². The summed E-state index contributed by atoms with van der Waals surface area (Å²) in [6.07, 6.45) is 3.17. The standard InChI is InChI=1S/C23H24ClN3O4/c24-18-4-1-17(2-5-18)3-8-22(28)25-19-6-7-20-21(15-19)31-16-23(29)27(20)10-9-26-11-13-30-14-12-26/h1-8,15H,9-14,16H2,(H,25,28)/b8-3+. The molecule has 7 nitrogen and oxygen atoms in total. The lowest BCUT2D eigenvalue weighted by Gasteiger charge is -2.33. The Balaban J connectivity index is 1.39. The third-order valence-electron chi connectivity index (χ3n) is 5.21. The summed E-state index contributed by atoms with van der Waals surface area (Å²) in [5.74, 6) is 0.260. The first-order chi connectivity index (χ1) is 15.1. The smallest absolute Gasteiger partial charge is 0.265 e. The van der Waals surface area contributed by atoms with Gasteiger partial charge in [-0.1, -0.05) is 23.7 Å². The van der Waals surface area contributed by atoms with Crippen molar-refractivity contribution in [3.63, 3.8) is 0 Å². The topological polar surface area (TPSA) is 71.1 Å². The number of anilines is 2. The van der Waals surface area contributed by atoms with Crippen molar-refractivity contribution in [2.75, 3.05) is 56.2 Å². The van der Waals surface area contributed by atoms with Crippen LogP contribution in [0.5, 0.6) is 5.75 Å². The van der Waals surface area contributed by atoms with Gasteiger partial charge in [-0.25, -0.2) is 0 Å². The van der Waals surface area contributed by atoms with Crippen LogP contribution in [0.3, 0.4) is 0 Å². The van der Waals surface area contributed by atoms with Crippen LogP contribution in [0.4, 0.5) is 11.4 Å². The van der Waals surface area contributed by atoms with Gasteiger partial charge in [0.2, 0.25) is 5.91 Å². The van der Waals surface area contributed by atoms with Crippen molar-refractivity contribution in [3.05, 3.63) is 59.1 Å². The minimum absolute atomic E-state index is 0.00994. The van der Waals surface area contributed by atoms with Crippen LogP contribution >= 0.6 is 11.6 Å². The molecular weight excluding hydrogens is 418 g/mol. The quantitative estimate of drug-likeness (QED) is 0.698. The van der Waals surface area contributed by atoms with E-state index >= 15 is 0 Å². The summed E-state index contributed by atoms with van der Waals surface area (Å²) in [4.78, 5) is 28.7. The normalized spacial score (nSPS) is 16.8. The van der Waals surface area contributed by atoms with Gasteiger partial charge >= 0.3 is 0 Å². The van der Waals surface area contributed by atoms with Gasteiger partial charge in [0.25, 0.3) is 5.91 Å². The minimum atomic E-state index is -0.258. The van der Waals surface area contributed by atoms with Crippen molar-refractivity contribution in [1.29, 1.82) is 0 Å². The van der Waals surface area contributed by atoms with E-state index in [1.807, 2.05) is 18.2 Å². The van der Waals surface area contributed by atoms with Crippen molar-refractivity contribution < 1.29 is 19.1 Å². The van der Waals surface area contributed by atoms with Gasteiger partial charge in [-0.2, -0.15) is 0 Å². The number of hydrogen-bond donors (Lipinski definition) is 1. The number of carbonyl (C=O) groups is 2. The van der Waals surface area contributed by atoms with E-state index < -0.39 is 0 Å². The maximum Gasteiger partial charge on any atom is 0.265 e. The molecule has 1 fully saturated rings. The average Bonchev–Trinajstić information content (AvgIpc) is 2.79. The van der Waals surface area contributed by atoms with Crippen LogP contribution in [0.25, 0.3) is 6.08 Å². The van der Waals surface area contributed by atoms with Crippen LogP contribution < -0.4 is 15.0 Å². The number of morpholine rings is 1. The second-order valence-electron chi connectivity index (χ2n) is 7.34. The molecule has 0 saturated carbocycles. The molecule has 1 N–H and O–H groups in total. The molecule has 0 spiro atoms. The maximum absolute atomic E-state index is 12.4. The summed E-state index contributed by atoms with van der Waals surface area (Å²) in [7, 11) is 0. The summed E-state index contributed by atoms with van der Waals surface area (Å²) >= 11 is 5.87. The number of halogens is 1. The van der Waals surface area contributed by atoms with Crippen molar-refractivity contribution in [1.82, 2.24) is 4.90 Å². The SMILES string of the molecule is O=C(/C=C/c1ccc(Cl)cc1)Nc1ccc2c(c1)OCC(=O)N2CCN1CCOCC1. The molecule has 2 amide bonds. The summed E-state index contributed by atoms with van der Waals surface area (Å²) in [5, 5.41) is 3.47. The van der Waals surface area contributed by atoms with Gasteiger partial charge in [0, 0.05) is 49.0 Å². The van der Waals surface area contributed by atoms with Crippen LogP contribution in [0.2, 0.25) is 5.02 Å². The zero-order chi connectivity index (χ0) is 21.6. The number of carbonyl (C=O) groups excluding carboxylic acids is 2. The van der Waals surface area contributed by atoms with E-state index in [1.54, 1.807) is 35.2 Å². The predicted octanol–water partition coefficient (Wildman–Crippen LogP) is 3.05. The number of benzene rings is 2. The molecule has 162 valence electrons. The number of nitrogens with zero attached hydrogens (tertiary/aromatic N) is 2. The highest BCUT2D eigenvalue weighted by Gasteiger charge is 2.26. The van der Waals surface area contributed by atoms with Gasteiger partial charge < -0.3 is 19.7 Å². The molecule has 2 heterocycles. The van der Waals surface area contributed by atoms with Gasteiger partial charge in [-0.3, -0.25) is 14.5 Å². The number of fused-ring (bicyclic) bond motifs is 1. The minimum Gasteiger partial charge on any atom is -0.481 e. The van der Waals surface area contributed by atoms with Crippen LogP contribution in [0, 0.1) is 0 Å². The molecule has 4 rings (SSSR count). The highest BCUT2D eigenvalue weighted by molar-refractivity contribution is 6.30. The molecule has 0 aliphatic carbocycles. The first-order valence-electron chi connectivity index (χ1n) is 10.2. The van der Waals surface area contributed by atoms with E-state index in [1.165, 1.54) is 6.08 Å². The first kappa shape index (κ1) is 21.4. The largest absolute Gasteiger partial charge is 0.481 e. The van der Waals surface area contributed by atoms with Gasteiger partial charge in [-0.15, -0.1) is 0 Å². The Morgan fingerprint density at radius 2 is 1.87 bits per heavy atom. The molecule has 2 aliphatic rings. The van der Waals surface area contributed by atoms with E-state index in [4.69, 9.17) is 21.1 Å². The lowest BCUT2D eigenvalue weighted by Crippen LogP contribution is -2.45. The fourth-order valence-corrected chi connectivity index (χ4v) is 3.65. The third kappa shape index (κ3) is 5.64. The van der Waals surface area contributed by atoms with Gasteiger partial charge in [0.15, 0.2) is 6.61 Å². The summed E-state index contributed by atoms with van der Waals surface area (Å²) in [6.45, 7) is 4.56. The molecule has 1 saturated heterocycles. The molecule has 31 heavy (non-hydrogen) atoms. The zero-order valence-electron chi connectivity index (χ0n) is 17.1. The lowest BCUT2D eigenvalue weighted by atomic mass is 10.2. The van der Waals surface area contributed by atoms with Gasteiger partial charge in [0.05, 0.1) is 18.9 Å². The molecule has 2 aromatic rings. The number of rotatable bonds is 6. The Morgan fingerprint density at radius 1 is 1.10 bits per heavy atom. The van der Waals surface area contributed by atoms with Crippen molar-refractivity contribution in [3.8, 4) is 5.75 Å². The van der Waals surface area contributed by atoms with Gasteiger partial charge in [0.1, 0.15) is 5.75 Å². The Kier molecular flexibility index (Phi) is 6.86. The fourth-order valence-electron chi connectivity index (χ4n) is 3.52. The number of ether oxygens (including phenoxy) is 2.